The van der Waals surface area contributed by atoms with Crippen LogP contribution < -0.4 is 16.4 Å². The van der Waals surface area contributed by atoms with E-state index in [2.05, 4.69) is 10.6 Å². The molecule has 1 aliphatic rings. The Labute approximate surface area is 114 Å². The van der Waals surface area contributed by atoms with Crippen LogP contribution in [0.1, 0.15) is 37.7 Å². The summed E-state index contributed by atoms with van der Waals surface area (Å²) < 4.78 is 0. The molecular weight excluding hydrogens is 238 g/mol. The second-order valence-electron chi connectivity index (χ2n) is 5.44. The van der Waals surface area contributed by atoms with Gasteiger partial charge in [-0.3, -0.25) is 0 Å². The van der Waals surface area contributed by atoms with Crippen molar-refractivity contribution in [2.75, 3.05) is 6.54 Å². The van der Waals surface area contributed by atoms with Crippen LogP contribution >= 0.6 is 0 Å². The van der Waals surface area contributed by atoms with Crippen LogP contribution in [0.3, 0.4) is 0 Å². The Balaban J connectivity index is 1.70. The smallest absolute Gasteiger partial charge is 0.315 e. The minimum Gasteiger partial charge on any atom is -0.336 e. The lowest BCUT2D eigenvalue weighted by molar-refractivity contribution is 0.230. The van der Waals surface area contributed by atoms with Crippen molar-refractivity contribution >= 4 is 6.03 Å². The predicted octanol–water partition coefficient (Wildman–Crippen LogP) is 2.15. The van der Waals surface area contributed by atoms with E-state index in [1.165, 1.54) is 19.3 Å². The van der Waals surface area contributed by atoms with Gasteiger partial charge in [-0.2, -0.15) is 0 Å². The summed E-state index contributed by atoms with van der Waals surface area (Å²) in [4.78, 5) is 11.7. The number of carbonyl (C=O) groups is 1. The number of urea groups is 1. The van der Waals surface area contributed by atoms with E-state index in [1.54, 1.807) is 0 Å². The van der Waals surface area contributed by atoms with E-state index in [4.69, 9.17) is 5.73 Å². The zero-order chi connectivity index (χ0) is 13.6. The highest BCUT2D eigenvalue weighted by Crippen LogP contribution is 2.24. The molecule has 1 aromatic carbocycles. The van der Waals surface area contributed by atoms with E-state index in [0.29, 0.717) is 13.1 Å². The second-order valence-corrected chi connectivity index (χ2v) is 5.44. The van der Waals surface area contributed by atoms with Gasteiger partial charge >= 0.3 is 6.03 Å². The van der Waals surface area contributed by atoms with Crippen LogP contribution in [0, 0.1) is 0 Å². The van der Waals surface area contributed by atoms with Crippen LogP contribution in [0.4, 0.5) is 4.79 Å². The molecule has 0 bridgehead atoms. The summed E-state index contributed by atoms with van der Waals surface area (Å²) >= 11 is 0. The maximum absolute atomic E-state index is 11.7. The average Bonchev–Trinajstić information content (AvgIpc) is 2.45. The molecule has 104 valence electrons. The van der Waals surface area contributed by atoms with Crippen LogP contribution in [0.15, 0.2) is 30.3 Å². The lowest BCUT2D eigenvalue weighted by Crippen LogP contribution is -2.52. The Hall–Kier alpha value is -1.55. The van der Waals surface area contributed by atoms with Crippen molar-refractivity contribution in [3.63, 3.8) is 0 Å². The van der Waals surface area contributed by atoms with Gasteiger partial charge in [-0.1, -0.05) is 49.6 Å². The molecule has 0 aliphatic heterocycles. The monoisotopic (exact) mass is 261 g/mol. The standard InChI is InChI=1S/C15H23N3O/c16-15(9-5-2-6-10-15)12-18-14(19)17-11-13-7-3-1-4-8-13/h1,3-4,7-8H,2,5-6,9-12,16H2,(H2,17,18,19). The third-order valence-corrected chi connectivity index (χ3v) is 3.75. The van der Waals surface area contributed by atoms with Crippen molar-refractivity contribution in [3.8, 4) is 0 Å². The summed E-state index contributed by atoms with van der Waals surface area (Å²) in [5, 5.41) is 5.74. The highest BCUT2D eigenvalue weighted by molar-refractivity contribution is 5.73. The molecular formula is C15H23N3O. The summed E-state index contributed by atoms with van der Waals surface area (Å²) in [7, 11) is 0. The minimum absolute atomic E-state index is 0.140. The van der Waals surface area contributed by atoms with Gasteiger partial charge in [0.2, 0.25) is 0 Å². The SMILES string of the molecule is NC1(CNC(=O)NCc2ccccc2)CCCCC1. The minimum atomic E-state index is -0.206. The van der Waals surface area contributed by atoms with Gasteiger partial charge in [0.1, 0.15) is 0 Å². The summed E-state index contributed by atoms with van der Waals surface area (Å²) in [6.07, 6.45) is 5.62. The normalized spacial score (nSPS) is 17.7. The number of hydrogen-bond acceptors (Lipinski definition) is 2. The quantitative estimate of drug-likeness (QED) is 0.777. The fourth-order valence-electron chi connectivity index (χ4n) is 2.53. The van der Waals surface area contributed by atoms with Crippen molar-refractivity contribution < 1.29 is 4.79 Å². The van der Waals surface area contributed by atoms with E-state index in [1.807, 2.05) is 30.3 Å². The molecule has 2 amide bonds. The highest BCUT2D eigenvalue weighted by atomic mass is 16.2. The van der Waals surface area contributed by atoms with E-state index < -0.39 is 0 Å². The van der Waals surface area contributed by atoms with Gasteiger partial charge in [0.15, 0.2) is 0 Å². The number of carbonyl (C=O) groups excluding carboxylic acids is 1. The van der Waals surface area contributed by atoms with Crippen molar-refractivity contribution in [1.82, 2.24) is 10.6 Å². The molecule has 0 unspecified atom stereocenters. The first-order chi connectivity index (χ1) is 9.18. The molecule has 4 nitrogen and oxygen atoms in total. The third kappa shape index (κ3) is 4.56. The van der Waals surface area contributed by atoms with Crippen LogP contribution in [0.25, 0.3) is 0 Å². The zero-order valence-corrected chi connectivity index (χ0v) is 11.3. The Morgan fingerprint density at radius 1 is 1.11 bits per heavy atom. The van der Waals surface area contributed by atoms with Gasteiger partial charge in [0.25, 0.3) is 0 Å². The number of amides is 2. The fourth-order valence-corrected chi connectivity index (χ4v) is 2.53. The Morgan fingerprint density at radius 3 is 2.47 bits per heavy atom. The van der Waals surface area contributed by atoms with Crippen molar-refractivity contribution in [2.24, 2.45) is 5.73 Å². The summed E-state index contributed by atoms with van der Waals surface area (Å²) in [6.45, 7) is 1.11. The molecule has 19 heavy (non-hydrogen) atoms. The van der Waals surface area contributed by atoms with Crippen molar-refractivity contribution in [3.05, 3.63) is 35.9 Å². The fraction of sp³-hybridized carbons (Fsp3) is 0.533. The van der Waals surface area contributed by atoms with Gasteiger partial charge in [0, 0.05) is 18.6 Å². The number of rotatable bonds is 4. The predicted molar refractivity (Wildman–Crippen MR) is 76.7 cm³/mol. The number of benzene rings is 1. The van der Waals surface area contributed by atoms with E-state index in [9.17, 15) is 4.79 Å². The van der Waals surface area contributed by atoms with Crippen molar-refractivity contribution in [1.29, 1.82) is 0 Å². The third-order valence-electron chi connectivity index (χ3n) is 3.75. The lowest BCUT2D eigenvalue weighted by atomic mass is 9.82. The average molecular weight is 261 g/mol. The number of nitrogens with two attached hydrogens (primary N) is 1. The topological polar surface area (TPSA) is 67.1 Å². The Bertz CT molecular complexity index is 399. The van der Waals surface area contributed by atoms with Crippen molar-refractivity contribution in [2.45, 2.75) is 44.2 Å². The molecule has 1 saturated carbocycles. The molecule has 1 fully saturated rings. The van der Waals surface area contributed by atoms with Gasteiger partial charge in [-0.05, 0) is 18.4 Å². The second kappa shape index (κ2) is 6.57. The molecule has 0 radical (unpaired) electrons. The van der Waals surface area contributed by atoms with Gasteiger partial charge in [-0.25, -0.2) is 4.79 Å². The maximum atomic E-state index is 11.7. The first-order valence-corrected chi connectivity index (χ1v) is 7.02. The van der Waals surface area contributed by atoms with Gasteiger partial charge in [0.05, 0.1) is 0 Å². The lowest BCUT2D eigenvalue weighted by Gasteiger charge is -2.33. The molecule has 0 atom stereocenters. The number of nitrogens with one attached hydrogen (secondary N) is 2. The van der Waals surface area contributed by atoms with E-state index >= 15 is 0 Å². The van der Waals surface area contributed by atoms with Crippen LogP contribution in [0.5, 0.6) is 0 Å². The van der Waals surface area contributed by atoms with Gasteiger partial charge in [-0.15, -0.1) is 0 Å². The highest BCUT2D eigenvalue weighted by Gasteiger charge is 2.27. The molecule has 4 N–H and O–H groups in total. The first-order valence-electron chi connectivity index (χ1n) is 7.02. The van der Waals surface area contributed by atoms with E-state index in [-0.39, 0.29) is 11.6 Å². The van der Waals surface area contributed by atoms with Gasteiger partial charge < -0.3 is 16.4 Å². The number of hydrogen-bond donors (Lipinski definition) is 3. The molecule has 2 rings (SSSR count). The van der Waals surface area contributed by atoms with Crippen LogP contribution in [0.2, 0.25) is 0 Å². The molecule has 1 aromatic rings. The van der Waals surface area contributed by atoms with Crippen LogP contribution in [-0.4, -0.2) is 18.1 Å². The summed E-state index contributed by atoms with van der Waals surface area (Å²) in [5.74, 6) is 0. The van der Waals surface area contributed by atoms with Crippen LogP contribution in [-0.2, 0) is 6.54 Å². The maximum Gasteiger partial charge on any atom is 0.315 e. The summed E-state index contributed by atoms with van der Waals surface area (Å²) in [5.41, 5.74) is 7.16. The Kier molecular flexibility index (Phi) is 4.80. The molecule has 0 heterocycles. The first kappa shape index (κ1) is 13.9. The molecule has 0 aromatic heterocycles. The molecule has 0 spiro atoms. The zero-order valence-electron chi connectivity index (χ0n) is 11.3. The Morgan fingerprint density at radius 2 is 1.79 bits per heavy atom. The largest absolute Gasteiger partial charge is 0.336 e. The molecule has 0 saturated heterocycles. The van der Waals surface area contributed by atoms with E-state index in [0.717, 1.165) is 18.4 Å². The molecule has 1 aliphatic carbocycles. The summed E-state index contributed by atoms with van der Waals surface area (Å²) in [6, 6.07) is 9.74. The molecule has 4 heteroatoms.